The maximum Gasteiger partial charge on any atom is 0.244 e. The van der Waals surface area contributed by atoms with E-state index in [4.69, 9.17) is 0 Å². The number of hydrogen-bond donors (Lipinski definition) is 1. The molecule has 2 aliphatic rings. The van der Waals surface area contributed by atoms with Gasteiger partial charge in [0.25, 0.3) is 0 Å². The van der Waals surface area contributed by atoms with Crippen LogP contribution in [0.5, 0.6) is 0 Å². The van der Waals surface area contributed by atoms with E-state index in [1.54, 1.807) is 16.4 Å². The van der Waals surface area contributed by atoms with E-state index in [9.17, 15) is 13.2 Å². The van der Waals surface area contributed by atoms with Crippen LogP contribution in [0, 0.1) is 0 Å². The van der Waals surface area contributed by atoms with Crippen LogP contribution in [-0.4, -0.2) is 49.7 Å². The molecule has 2 heterocycles. The first-order chi connectivity index (χ1) is 15.6. The van der Waals surface area contributed by atoms with Crippen LogP contribution in [0.2, 0.25) is 0 Å². The molecule has 6 nitrogen and oxygen atoms in total. The summed E-state index contributed by atoms with van der Waals surface area (Å²) < 4.78 is 28.3. The summed E-state index contributed by atoms with van der Waals surface area (Å²) in [7, 11) is -3.55. The van der Waals surface area contributed by atoms with Crippen LogP contribution in [0.25, 0.3) is 0 Å². The summed E-state index contributed by atoms with van der Waals surface area (Å²) in [4.78, 5) is 15.7. The van der Waals surface area contributed by atoms with Gasteiger partial charge in [0.2, 0.25) is 15.9 Å². The summed E-state index contributed by atoms with van der Waals surface area (Å²) in [5, 5.41) is 3.39. The molecule has 0 aromatic heterocycles. The van der Waals surface area contributed by atoms with Crippen LogP contribution in [0.4, 0.5) is 0 Å². The number of amides is 1. The van der Waals surface area contributed by atoms with Crippen LogP contribution in [-0.2, 0) is 21.4 Å². The lowest BCUT2D eigenvalue weighted by molar-refractivity contribution is -0.134. The van der Waals surface area contributed by atoms with Crippen molar-refractivity contribution >= 4 is 15.9 Å². The van der Waals surface area contributed by atoms with Gasteiger partial charge in [0.05, 0.1) is 4.90 Å². The Bertz CT molecular complexity index is 998. The number of rotatable bonds is 7. The van der Waals surface area contributed by atoms with Gasteiger partial charge in [0.15, 0.2) is 0 Å². The molecule has 172 valence electrons. The third-order valence-corrected chi connectivity index (χ3v) is 8.45. The summed E-state index contributed by atoms with van der Waals surface area (Å²) >= 11 is 0. The first-order valence-corrected chi connectivity index (χ1v) is 13.2. The number of benzene rings is 2. The van der Waals surface area contributed by atoms with E-state index in [0.717, 1.165) is 57.2 Å². The molecule has 2 saturated heterocycles. The molecule has 0 saturated carbocycles. The number of carbonyl (C=O) groups is 1. The van der Waals surface area contributed by atoms with E-state index in [2.05, 4.69) is 5.32 Å². The fourth-order valence-electron chi connectivity index (χ4n) is 4.65. The van der Waals surface area contributed by atoms with E-state index < -0.39 is 16.1 Å². The lowest BCUT2D eigenvalue weighted by Gasteiger charge is -2.31. The predicted octanol–water partition coefficient (Wildman–Crippen LogP) is 3.70. The topological polar surface area (TPSA) is 69.7 Å². The zero-order valence-electron chi connectivity index (χ0n) is 18.6. The number of likely N-dealkylation sites (tertiary alicyclic amines) is 1. The van der Waals surface area contributed by atoms with E-state index in [0.29, 0.717) is 30.1 Å². The maximum absolute atomic E-state index is 13.4. The zero-order chi connectivity index (χ0) is 22.4. The number of carbonyl (C=O) groups excluding carboxylic acids is 1. The number of piperidine rings is 2. The predicted molar refractivity (Wildman–Crippen MR) is 126 cm³/mol. The summed E-state index contributed by atoms with van der Waals surface area (Å²) in [6.45, 7) is 3.02. The molecule has 2 aromatic rings. The molecule has 1 N–H and O–H groups in total. The lowest BCUT2D eigenvalue weighted by atomic mass is 10.0. The van der Waals surface area contributed by atoms with Gasteiger partial charge < -0.3 is 4.90 Å². The highest BCUT2D eigenvalue weighted by molar-refractivity contribution is 7.89. The summed E-state index contributed by atoms with van der Waals surface area (Å²) in [5.74, 6) is 0.0623. The molecule has 2 aromatic carbocycles. The van der Waals surface area contributed by atoms with Crippen molar-refractivity contribution < 1.29 is 13.2 Å². The Labute approximate surface area is 191 Å². The van der Waals surface area contributed by atoms with E-state index in [-0.39, 0.29) is 5.91 Å². The molecule has 0 unspecified atom stereocenters. The molecular formula is C25H33N3O3S. The highest BCUT2D eigenvalue weighted by Crippen LogP contribution is 2.25. The monoisotopic (exact) mass is 455 g/mol. The van der Waals surface area contributed by atoms with Crippen LogP contribution >= 0.6 is 0 Å². The zero-order valence-corrected chi connectivity index (χ0v) is 19.4. The molecule has 2 aliphatic heterocycles. The Morgan fingerprint density at radius 2 is 1.41 bits per heavy atom. The third-order valence-electron chi connectivity index (χ3n) is 6.45. The van der Waals surface area contributed by atoms with Crippen molar-refractivity contribution in [2.75, 3.05) is 26.2 Å². The molecule has 1 amide bonds. The van der Waals surface area contributed by atoms with Crippen molar-refractivity contribution in [1.82, 2.24) is 14.5 Å². The smallest absolute Gasteiger partial charge is 0.244 e. The second kappa shape index (κ2) is 10.6. The van der Waals surface area contributed by atoms with Gasteiger partial charge in [-0.15, -0.1) is 0 Å². The highest BCUT2D eigenvalue weighted by atomic mass is 32.2. The molecule has 4 rings (SSSR count). The van der Waals surface area contributed by atoms with Gasteiger partial charge in [-0.1, -0.05) is 55.0 Å². The Morgan fingerprint density at radius 3 is 2.09 bits per heavy atom. The van der Waals surface area contributed by atoms with Crippen molar-refractivity contribution in [3.05, 3.63) is 65.7 Å². The quantitative estimate of drug-likeness (QED) is 0.691. The number of hydrogen-bond acceptors (Lipinski definition) is 4. The molecule has 2 fully saturated rings. The Hall–Kier alpha value is -2.22. The number of sulfonamides is 1. The largest absolute Gasteiger partial charge is 0.341 e. The number of nitrogens with one attached hydrogen (secondary N) is 1. The van der Waals surface area contributed by atoms with Crippen molar-refractivity contribution in [2.24, 2.45) is 0 Å². The van der Waals surface area contributed by atoms with Crippen molar-refractivity contribution in [2.45, 2.75) is 56.0 Å². The van der Waals surface area contributed by atoms with E-state index in [1.807, 2.05) is 47.4 Å². The summed E-state index contributed by atoms with van der Waals surface area (Å²) in [5.41, 5.74) is 1.60. The highest BCUT2D eigenvalue weighted by Gasteiger charge is 2.30. The summed E-state index contributed by atoms with van der Waals surface area (Å²) in [6.07, 6.45) is 6.11. The fourth-order valence-corrected chi connectivity index (χ4v) is 6.39. The molecule has 1 atom stereocenters. The molecule has 32 heavy (non-hydrogen) atoms. The van der Waals surface area contributed by atoms with Crippen molar-refractivity contribution in [3.8, 4) is 0 Å². The molecule has 7 heteroatoms. The molecule has 0 bridgehead atoms. The van der Waals surface area contributed by atoms with Crippen LogP contribution in [0.15, 0.2) is 59.5 Å². The fraction of sp³-hybridized carbons (Fsp3) is 0.480. The maximum atomic E-state index is 13.4. The molecular weight excluding hydrogens is 422 g/mol. The van der Waals surface area contributed by atoms with Gasteiger partial charge in [-0.05, 0) is 49.3 Å². The van der Waals surface area contributed by atoms with Crippen LogP contribution in [0.3, 0.4) is 0 Å². The Morgan fingerprint density at radius 1 is 0.812 bits per heavy atom. The Balaban J connectivity index is 1.56. The lowest BCUT2D eigenvalue weighted by Crippen LogP contribution is -2.43. The van der Waals surface area contributed by atoms with E-state index in [1.165, 1.54) is 0 Å². The van der Waals surface area contributed by atoms with Gasteiger partial charge in [-0.3, -0.25) is 10.1 Å². The Kier molecular flexibility index (Phi) is 7.60. The number of nitrogens with zero attached hydrogens (tertiary/aromatic N) is 2. The third kappa shape index (κ3) is 5.22. The van der Waals surface area contributed by atoms with Gasteiger partial charge in [-0.25, -0.2) is 8.42 Å². The van der Waals surface area contributed by atoms with Gasteiger partial charge in [-0.2, -0.15) is 4.31 Å². The SMILES string of the molecule is O=C([C@@H](NCc1ccccc1S(=O)(=O)N1CCCCC1)c1ccccc1)N1CCCCC1. The van der Waals surface area contributed by atoms with E-state index >= 15 is 0 Å². The van der Waals surface area contributed by atoms with Gasteiger partial charge >= 0.3 is 0 Å². The van der Waals surface area contributed by atoms with Crippen molar-refractivity contribution in [3.63, 3.8) is 0 Å². The first-order valence-electron chi connectivity index (χ1n) is 11.7. The van der Waals surface area contributed by atoms with Crippen LogP contribution < -0.4 is 5.32 Å². The second-order valence-electron chi connectivity index (χ2n) is 8.68. The normalized spacial score (nSPS) is 18.9. The summed E-state index contributed by atoms with van der Waals surface area (Å²) in [6, 6.07) is 16.4. The molecule has 0 radical (unpaired) electrons. The molecule has 0 aliphatic carbocycles. The second-order valence-corrected chi connectivity index (χ2v) is 10.6. The molecule has 0 spiro atoms. The standard InChI is InChI=1S/C25H33N3O3S/c29-25(27-16-8-2-9-17-27)24(21-12-4-1-5-13-21)26-20-22-14-6-7-15-23(22)32(30,31)28-18-10-3-11-19-28/h1,4-7,12-15,24,26H,2-3,8-11,16-20H2/t24-/m0/s1. The average Bonchev–Trinajstić information content (AvgIpc) is 2.86. The minimum atomic E-state index is -3.55. The van der Waals surface area contributed by atoms with Gasteiger partial charge in [0, 0.05) is 32.7 Å². The minimum Gasteiger partial charge on any atom is -0.341 e. The van der Waals surface area contributed by atoms with Gasteiger partial charge in [0.1, 0.15) is 6.04 Å². The van der Waals surface area contributed by atoms with Crippen LogP contribution in [0.1, 0.15) is 55.7 Å². The first kappa shape index (κ1) is 23.0. The average molecular weight is 456 g/mol. The minimum absolute atomic E-state index is 0.0623. The van der Waals surface area contributed by atoms with Crippen molar-refractivity contribution in [1.29, 1.82) is 0 Å².